The number of hydrogen-bond acceptors (Lipinski definition) is 3. The number of nitrogens with zero attached hydrogens (tertiary/aromatic N) is 1. The zero-order chi connectivity index (χ0) is 13.3. The summed E-state index contributed by atoms with van der Waals surface area (Å²) in [5, 5.41) is 0. The van der Waals surface area contributed by atoms with E-state index in [4.69, 9.17) is 5.73 Å². The minimum Gasteiger partial charge on any atom is -0.383 e. The molecule has 1 aromatic carbocycles. The predicted octanol–water partition coefficient (Wildman–Crippen LogP) is 2.48. The van der Waals surface area contributed by atoms with Gasteiger partial charge in [0.15, 0.2) is 5.78 Å². The highest BCUT2D eigenvalue weighted by molar-refractivity contribution is 6.12. The van der Waals surface area contributed by atoms with E-state index in [1.165, 1.54) is 6.20 Å². The lowest BCUT2D eigenvalue weighted by Gasteiger charge is -2.07. The largest absolute Gasteiger partial charge is 0.383 e. The van der Waals surface area contributed by atoms with Gasteiger partial charge in [-0.25, -0.2) is 13.8 Å². The van der Waals surface area contributed by atoms with Crippen LogP contribution in [0.5, 0.6) is 0 Å². The lowest BCUT2D eigenvalue weighted by Crippen LogP contribution is -2.09. The molecule has 0 amide bonds. The molecular formula is C13H10F2N2O. The lowest BCUT2D eigenvalue weighted by molar-refractivity contribution is 0.103. The number of anilines is 1. The smallest absolute Gasteiger partial charge is 0.197 e. The Bertz CT molecular complexity index is 586. The van der Waals surface area contributed by atoms with Crippen LogP contribution in [-0.4, -0.2) is 10.8 Å². The number of rotatable bonds is 2. The summed E-state index contributed by atoms with van der Waals surface area (Å²) < 4.78 is 26.1. The van der Waals surface area contributed by atoms with Crippen molar-refractivity contribution in [1.29, 1.82) is 0 Å². The lowest BCUT2D eigenvalue weighted by atomic mass is 10.00. The molecule has 0 saturated heterocycles. The highest BCUT2D eigenvalue weighted by atomic mass is 19.1. The molecule has 1 aromatic heterocycles. The second-order valence-corrected chi connectivity index (χ2v) is 3.88. The molecule has 0 atom stereocenters. The quantitative estimate of drug-likeness (QED) is 0.830. The Morgan fingerprint density at radius 3 is 2.39 bits per heavy atom. The van der Waals surface area contributed by atoms with E-state index in [1.807, 2.05) is 0 Å². The van der Waals surface area contributed by atoms with Crippen LogP contribution in [0.1, 0.15) is 21.5 Å². The van der Waals surface area contributed by atoms with E-state index >= 15 is 0 Å². The molecule has 92 valence electrons. The van der Waals surface area contributed by atoms with Crippen LogP contribution in [0.25, 0.3) is 0 Å². The molecular weight excluding hydrogens is 238 g/mol. The van der Waals surface area contributed by atoms with E-state index in [1.54, 1.807) is 13.0 Å². The number of ketones is 1. The molecule has 2 aromatic rings. The molecule has 0 bridgehead atoms. The topological polar surface area (TPSA) is 56.0 Å². The third-order valence-corrected chi connectivity index (χ3v) is 2.54. The van der Waals surface area contributed by atoms with Crippen molar-refractivity contribution in [2.45, 2.75) is 6.92 Å². The van der Waals surface area contributed by atoms with Crippen molar-refractivity contribution in [3.05, 3.63) is 58.8 Å². The maximum atomic E-state index is 13.1. The first-order chi connectivity index (χ1) is 8.49. The fourth-order valence-corrected chi connectivity index (χ4v) is 1.70. The Kier molecular flexibility index (Phi) is 3.06. The predicted molar refractivity (Wildman–Crippen MR) is 63.2 cm³/mol. The standard InChI is InChI=1S/C13H10F2N2O/c1-7-2-3-17-13(16)11(7)12(18)8-4-9(14)6-10(15)5-8/h2-6H,1H3,(H2,16,17). The van der Waals surface area contributed by atoms with Crippen LogP contribution < -0.4 is 5.73 Å². The van der Waals surface area contributed by atoms with Crippen LogP contribution in [0.3, 0.4) is 0 Å². The van der Waals surface area contributed by atoms with Crippen molar-refractivity contribution < 1.29 is 13.6 Å². The van der Waals surface area contributed by atoms with Crippen molar-refractivity contribution in [2.24, 2.45) is 0 Å². The van der Waals surface area contributed by atoms with Gasteiger partial charge < -0.3 is 5.73 Å². The number of hydrogen-bond donors (Lipinski definition) is 1. The summed E-state index contributed by atoms with van der Waals surface area (Å²) in [6.07, 6.45) is 1.47. The molecule has 0 radical (unpaired) electrons. The minimum atomic E-state index is -0.807. The second kappa shape index (κ2) is 4.52. The maximum absolute atomic E-state index is 13.1. The minimum absolute atomic E-state index is 0.0460. The van der Waals surface area contributed by atoms with E-state index in [9.17, 15) is 13.6 Å². The summed E-state index contributed by atoms with van der Waals surface area (Å²) in [5.41, 5.74) is 6.31. The monoisotopic (exact) mass is 248 g/mol. The zero-order valence-corrected chi connectivity index (χ0v) is 9.58. The Morgan fingerprint density at radius 2 is 1.83 bits per heavy atom. The van der Waals surface area contributed by atoms with Gasteiger partial charge in [-0.05, 0) is 30.7 Å². The number of pyridine rings is 1. The van der Waals surface area contributed by atoms with Crippen LogP contribution in [0.4, 0.5) is 14.6 Å². The van der Waals surface area contributed by atoms with Crippen LogP contribution in [-0.2, 0) is 0 Å². The van der Waals surface area contributed by atoms with Crippen molar-refractivity contribution in [2.75, 3.05) is 5.73 Å². The molecule has 0 aliphatic carbocycles. The van der Waals surface area contributed by atoms with Crippen molar-refractivity contribution >= 4 is 11.6 Å². The maximum Gasteiger partial charge on any atom is 0.197 e. The zero-order valence-electron chi connectivity index (χ0n) is 9.58. The van der Waals surface area contributed by atoms with Gasteiger partial charge >= 0.3 is 0 Å². The Balaban J connectivity index is 2.55. The molecule has 2 rings (SSSR count). The molecule has 0 saturated carbocycles. The molecule has 0 spiro atoms. The fraction of sp³-hybridized carbons (Fsp3) is 0.0769. The van der Waals surface area contributed by atoms with Crippen LogP contribution in [0.15, 0.2) is 30.5 Å². The number of carbonyl (C=O) groups excluding carboxylic acids is 1. The van der Waals surface area contributed by atoms with Crippen molar-refractivity contribution in [1.82, 2.24) is 4.98 Å². The SMILES string of the molecule is Cc1ccnc(N)c1C(=O)c1cc(F)cc(F)c1. The third-order valence-electron chi connectivity index (χ3n) is 2.54. The summed E-state index contributed by atoms with van der Waals surface area (Å²) >= 11 is 0. The van der Waals surface area contributed by atoms with Gasteiger partial charge in [-0.2, -0.15) is 0 Å². The van der Waals surface area contributed by atoms with E-state index in [-0.39, 0.29) is 16.9 Å². The van der Waals surface area contributed by atoms with Crippen LogP contribution >= 0.6 is 0 Å². The van der Waals surface area contributed by atoms with E-state index in [0.29, 0.717) is 11.6 Å². The molecule has 2 N–H and O–H groups in total. The summed E-state index contributed by atoms with van der Waals surface area (Å²) in [4.78, 5) is 15.9. The first kappa shape index (κ1) is 12.2. The third kappa shape index (κ3) is 2.20. The highest BCUT2D eigenvalue weighted by Crippen LogP contribution is 2.19. The Morgan fingerprint density at radius 1 is 1.22 bits per heavy atom. The number of halogens is 2. The first-order valence-corrected chi connectivity index (χ1v) is 5.21. The van der Waals surface area contributed by atoms with Gasteiger partial charge in [0.25, 0.3) is 0 Å². The Hall–Kier alpha value is -2.30. The molecule has 1 heterocycles. The van der Waals surface area contributed by atoms with Gasteiger partial charge in [0, 0.05) is 17.8 Å². The number of nitrogen functional groups attached to an aromatic ring is 1. The number of nitrogens with two attached hydrogens (primary N) is 1. The highest BCUT2D eigenvalue weighted by Gasteiger charge is 2.17. The average Bonchev–Trinajstić information content (AvgIpc) is 2.27. The second-order valence-electron chi connectivity index (χ2n) is 3.88. The number of aryl methyl sites for hydroxylation is 1. The number of aromatic nitrogens is 1. The molecule has 18 heavy (non-hydrogen) atoms. The van der Waals surface area contributed by atoms with Crippen molar-refractivity contribution in [3.63, 3.8) is 0 Å². The van der Waals surface area contributed by atoms with Gasteiger partial charge in [-0.1, -0.05) is 0 Å². The fourth-order valence-electron chi connectivity index (χ4n) is 1.70. The molecule has 0 aliphatic heterocycles. The summed E-state index contributed by atoms with van der Waals surface area (Å²) in [6, 6.07) is 4.25. The van der Waals surface area contributed by atoms with Crippen LogP contribution in [0.2, 0.25) is 0 Å². The van der Waals surface area contributed by atoms with E-state index in [2.05, 4.69) is 4.98 Å². The van der Waals surface area contributed by atoms with Gasteiger partial charge in [-0.15, -0.1) is 0 Å². The van der Waals surface area contributed by atoms with E-state index in [0.717, 1.165) is 12.1 Å². The molecule has 0 aliphatic rings. The normalized spacial score (nSPS) is 10.4. The molecule has 5 heteroatoms. The van der Waals surface area contributed by atoms with Crippen molar-refractivity contribution in [3.8, 4) is 0 Å². The van der Waals surface area contributed by atoms with Crippen LogP contribution in [0, 0.1) is 18.6 Å². The van der Waals surface area contributed by atoms with Gasteiger partial charge in [-0.3, -0.25) is 4.79 Å². The van der Waals surface area contributed by atoms with Gasteiger partial charge in [0.1, 0.15) is 17.5 Å². The molecule has 0 fully saturated rings. The molecule has 0 unspecified atom stereocenters. The average molecular weight is 248 g/mol. The van der Waals surface area contributed by atoms with Gasteiger partial charge in [0.05, 0.1) is 5.56 Å². The summed E-state index contributed by atoms with van der Waals surface area (Å²) in [7, 11) is 0. The number of benzene rings is 1. The Labute approximate surface area is 102 Å². The molecule has 3 nitrogen and oxygen atoms in total. The first-order valence-electron chi connectivity index (χ1n) is 5.21. The summed E-state index contributed by atoms with van der Waals surface area (Å²) in [5.74, 6) is -2.11. The van der Waals surface area contributed by atoms with E-state index < -0.39 is 17.4 Å². The summed E-state index contributed by atoms with van der Waals surface area (Å²) in [6.45, 7) is 1.68. The number of carbonyl (C=O) groups is 1. The van der Waals surface area contributed by atoms with Gasteiger partial charge in [0.2, 0.25) is 0 Å².